The van der Waals surface area contributed by atoms with Crippen molar-refractivity contribution in [3.05, 3.63) is 52.9 Å². The van der Waals surface area contributed by atoms with E-state index < -0.39 is 0 Å². The van der Waals surface area contributed by atoms with Gasteiger partial charge in [0.2, 0.25) is 0 Å². The van der Waals surface area contributed by atoms with E-state index in [1.54, 1.807) is 0 Å². The minimum absolute atomic E-state index is 0.204. The van der Waals surface area contributed by atoms with Crippen LogP contribution in [0.2, 0.25) is 0 Å². The number of benzene rings is 1. The molecule has 3 rings (SSSR count). The highest BCUT2D eigenvalue weighted by Gasteiger charge is 2.33. The highest BCUT2D eigenvalue weighted by molar-refractivity contribution is 9.10. The fraction of sp³-hybridized carbons (Fsp3) is 0.312. The first-order valence-electron chi connectivity index (χ1n) is 6.90. The molecule has 1 aliphatic carbocycles. The Hall–Kier alpha value is -1.68. The van der Waals surface area contributed by atoms with E-state index in [4.69, 9.17) is 0 Å². The fourth-order valence-corrected chi connectivity index (χ4v) is 2.99. The molecule has 21 heavy (non-hydrogen) atoms. The number of hydrogen-bond acceptors (Lipinski definition) is 3. The number of aromatic nitrogens is 3. The zero-order valence-corrected chi connectivity index (χ0v) is 13.1. The Balaban J connectivity index is 2.01. The maximum Gasteiger partial charge on any atom is 0.164 e. The van der Waals surface area contributed by atoms with Crippen molar-refractivity contribution in [3.63, 3.8) is 0 Å². The van der Waals surface area contributed by atoms with Crippen molar-refractivity contribution < 1.29 is 5.11 Å². The fourth-order valence-electron chi connectivity index (χ4n) is 2.59. The van der Waals surface area contributed by atoms with Gasteiger partial charge in [-0.2, -0.15) is 0 Å². The van der Waals surface area contributed by atoms with Crippen molar-refractivity contribution in [2.45, 2.75) is 31.4 Å². The van der Waals surface area contributed by atoms with Crippen molar-refractivity contribution in [3.8, 4) is 11.4 Å². The van der Waals surface area contributed by atoms with Crippen LogP contribution in [-0.4, -0.2) is 26.0 Å². The molecular weight excluding hydrogens is 330 g/mol. The molecule has 0 aliphatic heterocycles. The van der Waals surface area contributed by atoms with Gasteiger partial charge in [0.25, 0.3) is 0 Å². The van der Waals surface area contributed by atoms with E-state index in [0.29, 0.717) is 6.54 Å². The second-order valence-electron chi connectivity index (χ2n) is 5.23. The Kier molecular flexibility index (Phi) is 4.06. The van der Waals surface area contributed by atoms with E-state index in [0.717, 1.165) is 34.5 Å². The highest BCUT2D eigenvalue weighted by Crippen LogP contribution is 2.37. The lowest BCUT2D eigenvalue weighted by molar-refractivity contribution is 0.0705. The third kappa shape index (κ3) is 2.86. The quantitative estimate of drug-likeness (QED) is 0.865. The molecule has 1 aromatic heterocycles. The van der Waals surface area contributed by atoms with Gasteiger partial charge in [0.05, 0.1) is 12.6 Å². The smallest absolute Gasteiger partial charge is 0.164 e. The van der Waals surface area contributed by atoms with Crippen LogP contribution < -0.4 is 0 Å². The first-order valence-corrected chi connectivity index (χ1v) is 7.69. The summed E-state index contributed by atoms with van der Waals surface area (Å²) in [5, 5.41) is 18.2. The van der Waals surface area contributed by atoms with E-state index >= 15 is 0 Å². The largest absolute Gasteiger partial charge is 0.393 e. The lowest BCUT2D eigenvalue weighted by atomic mass is 9.82. The van der Waals surface area contributed by atoms with Crippen molar-refractivity contribution in [1.82, 2.24) is 14.8 Å². The lowest BCUT2D eigenvalue weighted by Crippen LogP contribution is -2.28. The van der Waals surface area contributed by atoms with Gasteiger partial charge in [0, 0.05) is 16.0 Å². The molecule has 0 amide bonds. The van der Waals surface area contributed by atoms with Crippen LogP contribution in [-0.2, 0) is 6.54 Å². The summed E-state index contributed by atoms with van der Waals surface area (Å²) in [5.74, 6) is 2.05. The predicted octanol–water partition coefficient (Wildman–Crippen LogP) is 3.29. The van der Waals surface area contributed by atoms with Crippen molar-refractivity contribution >= 4 is 15.9 Å². The van der Waals surface area contributed by atoms with Crippen molar-refractivity contribution in [1.29, 1.82) is 0 Å². The summed E-state index contributed by atoms with van der Waals surface area (Å²) >= 11 is 3.48. The average Bonchev–Trinajstić information content (AvgIpc) is 2.85. The molecule has 1 N–H and O–H groups in total. The molecule has 108 valence electrons. The van der Waals surface area contributed by atoms with Crippen molar-refractivity contribution in [2.75, 3.05) is 0 Å². The molecule has 0 unspecified atom stereocenters. The molecule has 4 nitrogen and oxygen atoms in total. The molecule has 0 spiro atoms. The van der Waals surface area contributed by atoms with E-state index in [1.807, 2.05) is 30.3 Å². The maximum atomic E-state index is 9.51. The molecule has 0 atom stereocenters. The first-order chi connectivity index (χ1) is 10.2. The molecule has 0 radical (unpaired) electrons. The minimum Gasteiger partial charge on any atom is -0.393 e. The van der Waals surface area contributed by atoms with Gasteiger partial charge in [-0.15, -0.1) is 15.9 Å². The van der Waals surface area contributed by atoms with Gasteiger partial charge in [-0.05, 0) is 31.1 Å². The van der Waals surface area contributed by atoms with Gasteiger partial charge in [0.15, 0.2) is 5.82 Å². The van der Waals surface area contributed by atoms with Gasteiger partial charge < -0.3 is 9.67 Å². The number of halogens is 1. The number of aliphatic hydroxyl groups is 1. The monoisotopic (exact) mass is 345 g/mol. The summed E-state index contributed by atoms with van der Waals surface area (Å²) in [5.41, 5.74) is 3.81. The van der Waals surface area contributed by atoms with Gasteiger partial charge in [-0.25, -0.2) is 0 Å². The summed E-state index contributed by atoms with van der Waals surface area (Å²) in [4.78, 5) is 0. The van der Waals surface area contributed by atoms with Crippen LogP contribution in [0.5, 0.6) is 0 Å². The lowest BCUT2D eigenvalue weighted by Gasteiger charge is -2.30. The Morgan fingerprint density at radius 1 is 1.43 bits per heavy atom. The van der Waals surface area contributed by atoms with E-state index in [1.165, 1.54) is 0 Å². The highest BCUT2D eigenvalue weighted by atomic mass is 79.9. The number of aliphatic hydroxyl groups excluding tert-OH is 1. The number of nitrogens with zero attached hydrogens (tertiary/aromatic N) is 3. The number of hydrogen-bond donors (Lipinski definition) is 1. The maximum absolute atomic E-state index is 9.51. The van der Waals surface area contributed by atoms with E-state index in [9.17, 15) is 5.11 Å². The number of allylic oxidation sites excluding steroid dienone is 1. The van der Waals surface area contributed by atoms with Crippen LogP contribution in [0.3, 0.4) is 0 Å². The average molecular weight is 346 g/mol. The van der Waals surface area contributed by atoms with Crippen LogP contribution in [0.25, 0.3) is 11.4 Å². The predicted molar refractivity (Wildman–Crippen MR) is 84.8 cm³/mol. The molecular formula is C16H16BrN3O. The van der Waals surface area contributed by atoms with Crippen LogP contribution >= 0.6 is 15.9 Å². The molecule has 5 heteroatoms. The van der Waals surface area contributed by atoms with Crippen LogP contribution in [0.4, 0.5) is 0 Å². The summed E-state index contributed by atoms with van der Waals surface area (Å²) in [6.07, 6.45) is 3.18. The normalized spacial score (nSPS) is 20.7. The SMILES string of the molecule is C=C=CCn1c(-c2cccc(Br)c2)nnc1C1CC(O)C1. The van der Waals surface area contributed by atoms with Crippen LogP contribution in [0, 0.1) is 0 Å². The van der Waals surface area contributed by atoms with Gasteiger partial charge >= 0.3 is 0 Å². The third-order valence-electron chi connectivity index (χ3n) is 3.76. The molecule has 1 aliphatic rings. The Bertz CT molecular complexity index is 697. The standard InChI is InChI=1S/C16H16BrN3O/c1-2-3-7-20-15(11-5-4-6-13(17)8-11)18-19-16(20)12-9-14(21)10-12/h3-6,8,12,14,21H,1,7,9-10H2. The van der Waals surface area contributed by atoms with Gasteiger partial charge in [-0.1, -0.05) is 34.6 Å². The zero-order chi connectivity index (χ0) is 14.8. The van der Waals surface area contributed by atoms with Gasteiger partial charge in [0.1, 0.15) is 5.82 Å². The van der Waals surface area contributed by atoms with Gasteiger partial charge in [-0.3, -0.25) is 0 Å². The Morgan fingerprint density at radius 2 is 2.24 bits per heavy atom. The molecule has 0 saturated heterocycles. The number of rotatable bonds is 4. The Labute approximate surface area is 132 Å². The topological polar surface area (TPSA) is 50.9 Å². The molecule has 1 aromatic carbocycles. The summed E-state index contributed by atoms with van der Waals surface area (Å²) in [7, 11) is 0. The first kappa shape index (κ1) is 14.3. The zero-order valence-electron chi connectivity index (χ0n) is 11.5. The second-order valence-corrected chi connectivity index (χ2v) is 6.15. The van der Waals surface area contributed by atoms with E-state index in [-0.39, 0.29) is 12.0 Å². The second kappa shape index (κ2) is 5.98. The minimum atomic E-state index is -0.204. The molecule has 1 fully saturated rings. The summed E-state index contributed by atoms with van der Waals surface area (Å²) in [6.45, 7) is 4.25. The third-order valence-corrected chi connectivity index (χ3v) is 4.25. The van der Waals surface area contributed by atoms with Crippen LogP contribution in [0.15, 0.2) is 47.1 Å². The Morgan fingerprint density at radius 3 is 2.90 bits per heavy atom. The van der Waals surface area contributed by atoms with Crippen LogP contribution in [0.1, 0.15) is 24.6 Å². The molecule has 0 bridgehead atoms. The summed E-state index contributed by atoms with van der Waals surface area (Å²) < 4.78 is 3.09. The molecule has 2 aromatic rings. The summed E-state index contributed by atoms with van der Waals surface area (Å²) in [6, 6.07) is 8.01. The molecule has 1 saturated carbocycles. The molecule has 1 heterocycles. The van der Waals surface area contributed by atoms with E-state index in [2.05, 4.69) is 43.0 Å². The van der Waals surface area contributed by atoms with Crippen molar-refractivity contribution in [2.24, 2.45) is 0 Å².